The van der Waals surface area contributed by atoms with Crippen LogP contribution in [0.4, 0.5) is 0 Å². The fourth-order valence-electron chi connectivity index (χ4n) is 0.924. The number of aliphatic hydroxyl groups is 1. The van der Waals surface area contributed by atoms with Crippen LogP contribution in [0.3, 0.4) is 0 Å². The van der Waals surface area contributed by atoms with Crippen molar-refractivity contribution in [1.82, 2.24) is 0 Å². The number of nitrogens with zero attached hydrogens (tertiary/aromatic N) is 1. The first-order chi connectivity index (χ1) is 8.42. The van der Waals surface area contributed by atoms with Crippen LogP contribution in [0.2, 0.25) is 0 Å². The Morgan fingerprint density at radius 3 is 2.44 bits per heavy atom. The van der Waals surface area contributed by atoms with Crippen LogP contribution in [0.5, 0.6) is 0 Å². The molecule has 1 N–H and O–H groups in total. The molecule has 0 bridgehead atoms. The second-order valence-corrected chi connectivity index (χ2v) is 3.79. The zero-order valence-corrected chi connectivity index (χ0v) is 10.9. The van der Waals surface area contributed by atoms with Crippen molar-refractivity contribution < 1.29 is 9.90 Å². The molecule has 0 aliphatic rings. The van der Waals surface area contributed by atoms with Crippen LogP contribution in [0.25, 0.3) is 0 Å². The molecule has 0 aromatic heterocycles. The molecule has 0 spiro atoms. The van der Waals surface area contributed by atoms with Gasteiger partial charge in [-0.05, 0) is 37.3 Å². The quantitative estimate of drug-likeness (QED) is 0.343. The Labute approximate surface area is 111 Å². The van der Waals surface area contributed by atoms with E-state index < -0.39 is 0 Å². The SMILES string of the molecule is C=C\C(Cl)=C/C(N=O)=C(C)/C(O)=C/C=C/C(C)=O. The van der Waals surface area contributed by atoms with Gasteiger partial charge in [0.15, 0.2) is 5.78 Å². The van der Waals surface area contributed by atoms with Gasteiger partial charge in [0.2, 0.25) is 0 Å². The molecule has 0 saturated carbocycles. The molecule has 0 unspecified atom stereocenters. The molecule has 0 rings (SSSR count). The van der Waals surface area contributed by atoms with E-state index >= 15 is 0 Å². The number of aliphatic hydroxyl groups excluding tert-OH is 1. The fraction of sp³-hybridized carbons (Fsp3) is 0.154. The third-order valence-electron chi connectivity index (χ3n) is 1.92. The summed E-state index contributed by atoms with van der Waals surface area (Å²) in [6, 6.07) is 0. The van der Waals surface area contributed by atoms with Gasteiger partial charge in [-0.2, -0.15) is 0 Å². The predicted octanol–water partition coefficient (Wildman–Crippen LogP) is 3.92. The van der Waals surface area contributed by atoms with Gasteiger partial charge in [0, 0.05) is 10.6 Å². The van der Waals surface area contributed by atoms with E-state index in [1.165, 1.54) is 44.2 Å². The van der Waals surface area contributed by atoms with E-state index in [1.54, 1.807) is 0 Å². The summed E-state index contributed by atoms with van der Waals surface area (Å²) in [7, 11) is 0. The van der Waals surface area contributed by atoms with Crippen molar-refractivity contribution in [2.24, 2.45) is 5.18 Å². The van der Waals surface area contributed by atoms with E-state index in [1.807, 2.05) is 0 Å². The van der Waals surface area contributed by atoms with Gasteiger partial charge < -0.3 is 5.11 Å². The molecule has 5 heteroatoms. The highest BCUT2D eigenvalue weighted by molar-refractivity contribution is 6.31. The Morgan fingerprint density at radius 2 is 2.00 bits per heavy atom. The molecule has 0 fully saturated rings. The molecular weight excluding hydrogens is 254 g/mol. The molecule has 96 valence electrons. The monoisotopic (exact) mass is 267 g/mol. The second kappa shape index (κ2) is 8.20. The molecule has 0 atom stereocenters. The van der Waals surface area contributed by atoms with E-state index in [0.717, 1.165) is 0 Å². The molecule has 0 saturated heterocycles. The van der Waals surface area contributed by atoms with Gasteiger partial charge in [-0.1, -0.05) is 30.3 Å². The number of nitroso groups, excluding NO2 is 1. The van der Waals surface area contributed by atoms with Crippen LogP contribution in [0.15, 0.2) is 64.2 Å². The Balaban J connectivity index is 5.29. The van der Waals surface area contributed by atoms with Crippen LogP contribution in [0.1, 0.15) is 13.8 Å². The van der Waals surface area contributed by atoms with Crippen molar-refractivity contribution in [1.29, 1.82) is 0 Å². The highest BCUT2D eigenvalue weighted by atomic mass is 35.5. The van der Waals surface area contributed by atoms with Crippen molar-refractivity contribution in [3.05, 3.63) is 63.9 Å². The number of hydrogen-bond acceptors (Lipinski definition) is 4. The first-order valence-corrected chi connectivity index (χ1v) is 5.42. The fourth-order valence-corrected chi connectivity index (χ4v) is 1.03. The number of carbonyl (C=O) groups excluding carboxylic acids is 1. The summed E-state index contributed by atoms with van der Waals surface area (Å²) < 4.78 is 0. The molecule has 0 aromatic carbocycles. The smallest absolute Gasteiger partial charge is 0.152 e. The van der Waals surface area contributed by atoms with Crippen LogP contribution in [-0.4, -0.2) is 10.9 Å². The molecule has 0 aliphatic heterocycles. The molecule has 0 heterocycles. The largest absolute Gasteiger partial charge is 0.508 e. The minimum atomic E-state index is -0.174. The molecule has 4 nitrogen and oxygen atoms in total. The van der Waals surface area contributed by atoms with E-state index in [-0.39, 0.29) is 27.8 Å². The Hall–Kier alpha value is -1.94. The Morgan fingerprint density at radius 1 is 1.39 bits per heavy atom. The molecular formula is C13H14ClNO3. The van der Waals surface area contributed by atoms with Crippen molar-refractivity contribution in [2.45, 2.75) is 13.8 Å². The molecule has 0 amide bonds. The number of halogens is 1. The average molecular weight is 268 g/mol. The zero-order chi connectivity index (χ0) is 14.1. The molecule has 0 aromatic rings. The molecule has 0 aliphatic carbocycles. The Kier molecular flexibility index (Phi) is 7.31. The lowest BCUT2D eigenvalue weighted by Gasteiger charge is -2.00. The average Bonchev–Trinajstić information content (AvgIpc) is 2.34. The lowest BCUT2D eigenvalue weighted by atomic mass is 10.1. The van der Waals surface area contributed by atoms with E-state index in [0.29, 0.717) is 0 Å². The maximum absolute atomic E-state index is 10.7. The lowest BCUT2D eigenvalue weighted by molar-refractivity contribution is -0.112. The van der Waals surface area contributed by atoms with Gasteiger partial charge in [0.05, 0.1) is 0 Å². The third kappa shape index (κ3) is 5.96. The minimum absolute atomic E-state index is 0.00937. The summed E-state index contributed by atoms with van der Waals surface area (Å²) >= 11 is 5.68. The summed E-state index contributed by atoms with van der Waals surface area (Å²) in [5, 5.41) is 12.7. The van der Waals surface area contributed by atoms with E-state index in [9.17, 15) is 14.8 Å². The predicted molar refractivity (Wildman–Crippen MR) is 73.2 cm³/mol. The van der Waals surface area contributed by atoms with E-state index in [2.05, 4.69) is 11.8 Å². The van der Waals surface area contributed by atoms with Gasteiger partial charge in [-0.25, -0.2) is 0 Å². The number of hydrogen-bond donors (Lipinski definition) is 1. The normalized spacial score (nSPS) is 14.4. The van der Waals surface area contributed by atoms with Crippen molar-refractivity contribution in [3.63, 3.8) is 0 Å². The second-order valence-electron chi connectivity index (χ2n) is 3.36. The minimum Gasteiger partial charge on any atom is -0.508 e. The summed E-state index contributed by atoms with van der Waals surface area (Å²) in [6.45, 7) is 6.32. The topological polar surface area (TPSA) is 66.7 Å². The van der Waals surface area contributed by atoms with Gasteiger partial charge >= 0.3 is 0 Å². The van der Waals surface area contributed by atoms with Gasteiger partial charge in [0.1, 0.15) is 11.5 Å². The van der Waals surface area contributed by atoms with E-state index in [4.69, 9.17) is 11.6 Å². The first kappa shape index (κ1) is 16.1. The van der Waals surface area contributed by atoms with Crippen LogP contribution in [0, 0.1) is 4.91 Å². The zero-order valence-electron chi connectivity index (χ0n) is 10.2. The maximum Gasteiger partial charge on any atom is 0.152 e. The molecule has 18 heavy (non-hydrogen) atoms. The third-order valence-corrected chi connectivity index (χ3v) is 2.18. The summed E-state index contributed by atoms with van der Waals surface area (Å²) in [5.41, 5.74) is 0.239. The van der Waals surface area contributed by atoms with Gasteiger partial charge in [-0.3, -0.25) is 4.79 Å². The van der Waals surface area contributed by atoms with Crippen molar-refractivity contribution >= 4 is 17.4 Å². The lowest BCUT2D eigenvalue weighted by Crippen LogP contribution is -1.88. The van der Waals surface area contributed by atoms with Gasteiger partial charge in [0.25, 0.3) is 0 Å². The Bertz CT molecular complexity index is 471. The van der Waals surface area contributed by atoms with Crippen LogP contribution >= 0.6 is 11.6 Å². The number of allylic oxidation sites excluding steroid dienone is 7. The van der Waals surface area contributed by atoms with Crippen LogP contribution in [-0.2, 0) is 4.79 Å². The number of carbonyl (C=O) groups is 1. The summed E-state index contributed by atoms with van der Waals surface area (Å²) in [6.07, 6.45) is 6.58. The maximum atomic E-state index is 10.7. The number of ketones is 1. The van der Waals surface area contributed by atoms with Crippen molar-refractivity contribution in [3.8, 4) is 0 Å². The van der Waals surface area contributed by atoms with Crippen LogP contribution < -0.4 is 0 Å². The van der Waals surface area contributed by atoms with Crippen molar-refractivity contribution in [2.75, 3.05) is 0 Å². The highest BCUT2D eigenvalue weighted by Gasteiger charge is 2.04. The van der Waals surface area contributed by atoms with Gasteiger partial charge in [-0.15, -0.1) is 4.91 Å². The first-order valence-electron chi connectivity index (χ1n) is 5.04. The molecule has 0 radical (unpaired) electrons. The standard InChI is InChI=1S/C13H14ClNO3/c1-4-11(14)8-12(15-18)10(3)13(17)7-5-6-9(2)16/h4-8,17H,1H2,2-3H3/b6-5+,11-8+,12-10-,13-7-. The summed E-state index contributed by atoms with van der Waals surface area (Å²) in [5.74, 6) is -0.323. The number of rotatable bonds is 6. The highest BCUT2D eigenvalue weighted by Crippen LogP contribution is 2.17. The summed E-state index contributed by atoms with van der Waals surface area (Å²) in [4.78, 5) is 21.3.